The van der Waals surface area contributed by atoms with Crippen LogP contribution in [0.2, 0.25) is 0 Å². The van der Waals surface area contributed by atoms with E-state index in [1.54, 1.807) is 13.2 Å². The number of carboxylic acid groups (broad SMARTS) is 1. The molecule has 0 saturated heterocycles. The minimum Gasteiger partial charge on any atom is -0.478 e. The second-order valence-electron chi connectivity index (χ2n) is 4.14. The van der Waals surface area contributed by atoms with Crippen LogP contribution in [0.3, 0.4) is 0 Å². The van der Waals surface area contributed by atoms with Crippen LogP contribution in [0.15, 0.2) is 24.3 Å². The first kappa shape index (κ1) is 15.2. The predicted molar refractivity (Wildman–Crippen MR) is 72.8 cm³/mol. The van der Waals surface area contributed by atoms with Crippen LogP contribution in [-0.2, 0) is 9.53 Å². The van der Waals surface area contributed by atoms with E-state index in [0.717, 1.165) is 24.7 Å². The van der Waals surface area contributed by atoms with Crippen molar-refractivity contribution in [2.24, 2.45) is 0 Å². The molecule has 0 saturated carbocycles. The Kier molecular flexibility index (Phi) is 6.02. The van der Waals surface area contributed by atoms with Gasteiger partial charge in [-0.3, -0.25) is 0 Å². The predicted octanol–water partition coefficient (Wildman–Crippen LogP) is 2.40. The van der Waals surface area contributed by atoms with Crippen molar-refractivity contribution >= 4 is 17.7 Å². The lowest BCUT2D eigenvalue weighted by atomic mass is 10.1. The lowest BCUT2D eigenvalue weighted by Crippen LogP contribution is -2.20. The third-order valence-electron chi connectivity index (χ3n) is 2.65. The molecule has 4 nitrogen and oxygen atoms in total. The van der Waals surface area contributed by atoms with Gasteiger partial charge in [-0.2, -0.15) is 0 Å². The van der Waals surface area contributed by atoms with Crippen molar-refractivity contribution in [3.8, 4) is 0 Å². The van der Waals surface area contributed by atoms with Gasteiger partial charge in [0.2, 0.25) is 0 Å². The van der Waals surface area contributed by atoms with Gasteiger partial charge in [0.15, 0.2) is 0 Å². The number of carboxylic acids is 1. The molecule has 1 aromatic rings. The molecule has 0 aliphatic carbocycles. The van der Waals surface area contributed by atoms with Crippen LogP contribution < -0.4 is 4.90 Å². The Balaban J connectivity index is 2.89. The SMILES string of the molecule is COCCCN(C)c1ccc(F)cc1C=CC(=O)O. The van der Waals surface area contributed by atoms with E-state index in [-0.39, 0.29) is 5.82 Å². The Morgan fingerprint density at radius 3 is 2.89 bits per heavy atom. The van der Waals surface area contributed by atoms with Crippen LogP contribution >= 0.6 is 0 Å². The zero-order valence-electron chi connectivity index (χ0n) is 11.1. The fourth-order valence-electron chi connectivity index (χ4n) is 1.73. The summed E-state index contributed by atoms with van der Waals surface area (Å²) in [7, 11) is 3.51. The molecule has 1 N–H and O–H groups in total. The Bertz CT molecular complexity index is 460. The molecule has 5 heteroatoms. The number of benzene rings is 1. The zero-order valence-corrected chi connectivity index (χ0v) is 11.1. The molecule has 0 heterocycles. The Morgan fingerprint density at radius 2 is 2.26 bits per heavy atom. The van der Waals surface area contributed by atoms with Gasteiger partial charge in [-0.1, -0.05) is 0 Å². The van der Waals surface area contributed by atoms with Gasteiger partial charge >= 0.3 is 5.97 Å². The molecule has 1 rings (SSSR count). The molecule has 104 valence electrons. The van der Waals surface area contributed by atoms with Gasteiger partial charge in [-0.25, -0.2) is 9.18 Å². The van der Waals surface area contributed by atoms with Crippen molar-refractivity contribution in [2.45, 2.75) is 6.42 Å². The van der Waals surface area contributed by atoms with Crippen molar-refractivity contribution in [3.63, 3.8) is 0 Å². The van der Waals surface area contributed by atoms with Crippen molar-refractivity contribution in [3.05, 3.63) is 35.7 Å². The summed E-state index contributed by atoms with van der Waals surface area (Å²) in [6.45, 7) is 1.39. The largest absolute Gasteiger partial charge is 0.478 e. The van der Waals surface area contributed by atoms with Crippen molar-refractivity contribution < 1.29 is 19.0 Å². The summed E-state index contributed by atoms with van der Waals surface area (Å²) in [6, 6.07) is 4.32. The van der Waals surface area contributed by atoms with E-state index in [2.05, 4.69) is 0 Å². The van der Waals surface area contributed by atoms with Crippen LogP contribution in [0.25, 0.3) is 6.08 Å². The molecule has 1 aromatic carbocycles. The van der Waals surface area contributed by atoms with Crippen molar-refractivity contribution in [2.75, 3.05) is 32.2 Å². The van der Waals surface area contributed by atoms with Gasteiger partial charge in [0.1, 0.15) is 5.82 Å². The minimum atomic E-state index is -1.06. The van der Waals surface area contributed by atoms with E-state index in [1.807, 2.05) is 11.9 Å². The lowest BCUT2D eigenvalue weighted by molar-refractivity contribution is -0.131. The monoisotopic (exact) mass is 267 g/mol. The van der Waals surface area contributed by atoms with Gasteiger partial charge in [-0.15, -0.1) is 0 Å². The quantitative estimate of drug-likeness (QED) is 0.609. The van der Waals surface area contributed by atoms with Gasteiger partial charge in [-0.05, 0) is 30.7 Å². The second-order valence-corrected chi connectivity index (χ2v) is 4.14. The third kappa shape index (κ3) is 5.09. The third-order valence-corrected chi connectivity index (χ3v) is 2.65. The van der Waals surface area contributed by atoms with Crippen LogP contribution in [0, 0.1) is 5.82 Å². The second kappa shape index (κ2) is 7.53. The zero-order chi connectivity index (χ0) is 14.3. The molecule has 19 heavy (non-hydrogen) atoms. The van der Waals surface area contributed by atoms with Crippen LogP contribution in [0.4, 0.5) is 10.1 Å². The lowest BCUT2D eigenvalue weighted by Gasteiger charge is -2.21. The smallest absolute Gasteiger partial charge is 0.328 e. The summed E-state index contributed by atoms with van der Waals surface area (Å²) in [5, 5.41) is 8.64. The molecule has 0 amide bonds. The fourth-order valence-corrected chi connectivity index (χ4v) is 1.73. The highest BCUT2D eigenvalue weighted by Crippen LogP contribution is 2.22. The Hall–Kier alpha value is -1.88. The molecule has 0 fully saturated rings. The number of carbonyl (C=O) groups is 1. The molecule has 0 aliphatic heterocycles. The normalized spacial score (nSPS) is 10.9. The summed E-state index contributed by atoms with van der Waals surface area (Å²) in [5.74, 6) is -1.45. The molecular weight excluding hydrogens is 249 g/mol. The number of rotatable bonds is 7. The molecule has 0 unspecified atom stereocenters. The number of ether oxygens (including phenoxy) is 1. The highest BCUT2D eigenvalue weighted by atomic mass is 19.1. The maximum atomic E-state index is 13.2. The van der Waals surface area contributed by atoms with Gasteiger partial charge in [0.25, 0.3) is 0 Å². The average Bonchev–Trinajstić information content (AvgIpc) is 2.36. The first-order valence-electron chi connectivity index (χ1n) is 5.95. The summed E-state index contributed by atoms with van der Waals surface area (Å²) in [6.07, 6.45) is 3.24. The number of methoxy groups -OCH3 is 1. The van der Waals surface area contributed by atoms with E-state index in [4.69, 9.17) is 9.84 Å². The Labute approximate surface area is 112 Å². The highest BCUT2D eigenvalue weighted by Gasteiger charge is 2.07. The van der Waals surface area contributed by atoms with Crippen LogP contribution in [0.1, 0.15) is 12.0 Å². The van der Waals surface area contributed by atoms with E-state index < -0.39 is 5.97 Å². The Morgan fingerprint density at radius 1 is 1.53 bits per heavy atom. The molecule has 0 bridgehead atoms. The van der Waals surface area contributed by atoms with E-state index in [1.165, 1.54) is 18.2 Å². The number of hydrogen-bond donors (Lipinski definition) is 1. The van der Waals surface area contributed by atoms with E-state index in [0.29, 0.717) is 12.2 Å². The summed E-state index contributed by atoms with van der Waals surface area (Å²) in [5.41, 5.74) is 1.33. The molecule has 0 aliphatic rings. The first-order chi connectivity index (χ1) is 9.04. The molecule has 0 atom stereocenters. The number of halogens is 1. The topological polar surface area (TPSA) is 49.8 Å². The summed E-state index contributed by atoms with van der Waals surface area (Å²) in [4.78, 5) is 12.5. The summed E-state index contributed by atoms with van der Waals surface area (Å²) < 4.78 is 18.2. The molecule has 0 spiro atoms. The number of aliphatic carboxylic acids is 1. The fraction of sp³-hybridized carbons (Fsp3) is 0.357. The van der Waals surface area contributed by atoms with Gasteiger partial charge in [0, 0.05) is 44.6 Å². The van der Waals surface area contributed by atoms with Gasteiger partial charge < -0.3 is 14.7 Å². The van der Waals surface area contributed by atoms with Crippen molar-refractivity contribution in [1.29, 1.82) is 0 Å². The van der Waals surface area contributed by atoms with Crippen LogP contribution in [-0.4, -0.2) is 38.4 Å². The maximum Gasteiger partial charge on any atom is 0.328 e. The molecule has 0 aromatic heterocycles. The standard InChI is InChI=1S/C14H18FNO3/c1-16(8-3-9-19-2)13-6-5-12(15)10-11(13)4-7-14(17)18/h4-7,10H,3,8-9H2,1-2H3,(H,17,18). The molecular formula is C14H18FNO3. The van der Waals surface area contributed by atoms with E-state index >= 15 is 0 Å². The number of nitrogens with zero attached hydrogens (tertiary/aromatic N) is 1. The average molecular weight is 267 g/mol. The number of anilines is 1. The molecule has 0 radical (unpaired) electrons. The number of hydrogen-bond acceptors (Lipinski definition) is 3. The van der Waals surface area contributed by atoms with Crippen molar-refractivity contribution in [1.82, 2.24) is 0 Å². The minimum absolute atomic E-state index is 0.390. The highest BCUT2D eigenvalue weighted by molar-refractivity contribution is 5.87. The maximum absolute atomic E-state index is 13.2. The van der Waals surface area contributed by atoms with Gasteiger partial charge in [0.05, 0.1) is 0 Å². The van der Waals surface area contributed by atoms with Crippen LogP contribution in [0.5, 0.6) is 0 Å². The van der Waals surface area contributed by atoms with E-state index in [9.17, 15) is 9.18 Å². The first-order valence-corrected chi connectivity index (χ1v) is 5.95. The summed E-state index contributed by atoms with van der Waals surface area (Å²) >= 11 is 0.